The van der Waals surface area contributed by atoms with Gasteiger partial charge < -0.3 is 10.0 Å². The van der Waals surface area contributed by atoms with Crippen LogP contribution >= 0.6 is 35.0 Å². The topological polar surface area (TPSA) is 101 Å². The number of thioether (sulfide) groups is 1. The van der Waals surface area contributed by atoms with Gasteiger partial charge in [-0.25, -0.2) is 0 Å². The largest absolute Gasteiger partial charge is 0.481 e. The second-order valence-corrected chi connectivity index (χ2v) is 9.39. The number of hydrogen-bond acceptors (Lipinski definition) is 6. The molecule has 0 spiro atoms. The molecule has 0 bridgehead atoms. The minimum Gasteiger partial charge on any atom is -0.481 e. The van der Waals surface area contributed by atoms with Crippen LogP contribution in [0.3, 0.4) is 0 Å². The molecule has 1 N–H and O–H groups in total. The van der Waals surface area contributed by atoms with E-state index in [0.29, 0.717) is 50.1 Å². The summed E-state index contributed by atoms with van der Waals surface area (Å²) in [6, 6.07) is 12.0. The lowest BCUT2D eigenvalue weighted by atomic mass is 10.00. The maximum atomic E-state index is 12.7. The molecule has 1 aromatic heterocycles. The molecule has 1 aliphatic heterocycles. The van der Waals surface area contributed by atoms with Crippen molar-refractivity contribution in [1.29, 1.82) is 0 Å². The number of carboxylic acids is 1. The quantitative estimate of drug-likeness (QED) is 0.433. The molecule has 2 aromatic carbocycles. The van der Waals surface area contributed by atoms with Crippen LogP contribution in [0.4, 0.5) is 4.79 Å². The van der Waals surface area contributed by atoms with E-state index in [-0.39, 0.29) is 18.1 Å². The van der Waals surface area contributed by atoms with Crippen molar-refractivity contribution in [3.05, 3.63) is 69.5 Å². The summed E-state index contributed by atoms with van der Waals surface area (Å²) in [6.45, 7) is 2.42. The molecule has 2 heterocycles. The SMILES string of the molecule is CCN(C)C(=O)Sc1nnc2n1-c1ccc(Cl)cc1C(c1ccccc1Cl)=N[C@H]2CCC(=O)O. The standard InChI is InChI=1S/C23H21Cl2N5O3S/c1-3-29(2)23(33)34-22-28-27-21-17(9-11-19(31)32)26-20(14-6-4-5-7-16(14)25)15-12-13(24)8-10-18(15)30(21)22/h4-8,10,12,17H,3,9,11H2,1-2H3,(H,31,32)/t17-/m0/s1. The van der Waals surface area contributed by atoms with E-state index >= 15 is 0 Å². The predicted octanol–water partition coefficient (Wildman–Crippen LogP) is 5.49. The second kappa shape index (κ2) is 10.2. The average molecular weight is 518 g/mol. The molecule has 8 nitrogen and oxygen atoms in total. The minimum atomic E-state index is -0.945. The van der Waals surface area contributed by atoms with Crippen LogP contribution < -0.4 is 0 Å². The monoisotopic (exact) mass is 517 g/mol. The number of aliphatic carboxylic acids is 1. The number of benzene rings is 2. The third kappa shape index (κ3) is 4.82. The summed E-state index contributed by atoms with van der Waals surface area (Å²) in [4.78, 5) is 30.5. The first-order chi connectivity index (χ1) is 16.3. The molecular weight excluding hydrogens is 497 g/mol. The highest BCUT2D eigenvalue weighted by atomic mass is 35.5. The van der Waals surface area contributed by atoms with Crippen LogP contribution in [0.25, 0.3) is 5.69 Å². The fraction of sp³-hybridized carbons (Fsp3) is 0.261. The van der Waals surface area contributed by atoms with Gasteiger partial charge in [-0.2, -0.15) is 0 Å². The maximum Gasteiger partial charge on any atom is 0.303 e. The van der Waals surface area contributed by atoms with Crippen molar-refractivity contribution in [2.24, 2.45) is 4.99 Å². The zero-order valence-electron chi connectivity index (χ0n) is 18.4. The van der Waals surface area contributed by atoms with E-state index in [0.717, 1.165) is 11.8 Å². The molecule has 1 atom stereocenters. The summed E-state index contributed by atoms with van der Waals surface area (Å²) in [7, 11) is 1.71. The van der Waals surface area contributed by atoms with E-state index in [4.69, 9.17) is 28.2 Å². The minimum absolute atomic E-state index is 0.117. The van der Waals surface area contributed by atoms with E-state index in [2.05, 4.69) is 10.2 Å². The van der Waals surface area contributed by atoms with Gasteiger partial charge in [-0.3, -0.25) is 19.1 Å². The third-order valence-corrected chi connectivity index (χ3v) is 6.92. The van der Waals surface area contributed by atoms with Gasteiger partial charge in [0, 0.05) is 52.9 Å². The normalized spacial score (nSPS) is 14.6. The van der Waals surface area contributed by atoms with Crippen molar-refractivity contribution in [2.75, 3.05) is 13.6 Å². The molecule has 176 valence electrons. The summed E-state index contributed by atoms with van der Waals surface area (Å²) in [5.74, 6) is -0.499. The van der Waals surface area contributed by atoms with E-state index in [1.165, 1.54) is 0 Å². The number of amides is 1. The number of carbonyl (C=O) groups excluding carboxylic acids is 1. The van der Waals surface area contributed by atoms with Crippen molar-refractivity contribution >= 4 is 51.9 Å². The molecule has 3 aromatic rings. The van der Waals surface area contributed by atoms with Gasteiger partial charge in [-0.05, 0) is 37.6 Å². The van der Waals surface area contributed by atoms with Crippen molar-refractivity contribution in [3.63, 3.8) is 0 Å². The van der Waals surface area contributed by atoms with Crippen LogP contribution in [-0.4, -0.2) is 55.3 Å². The molecule has 1 aliphatic rings. The Balaban J connectivity index is 1.95. The van der Waals surface area contributed by atoms with Gasteiger partial charge in [0.15, 0.2) is 5.82 Å². The first kappa shape index (κ1) is 24.3. The molecule has 0 radical (unpaired) electrons. The maximum absolute atomic E-state index is 12.7. The van der Waals surface area contributed by atoms with Gasteiger partial charge in [0.25, 0.3) is 5.24 Å². The van der Waals surface area contributed by atoms with Crippen molar-refractivity contribution in [3.8, 4) is 5.69 Å². The highest BCUT2D eigenvalue weighted by Gasteiger charge is 2.31. The van der Waals surface area contributed by atoms with E-state index in [1.54, 1.807) is 34.7 Å². The van der Waals surface area contributed by atoms with Crippen LogP contribution in [0.2, 0.25) is 10.0 Å². The Kier molecular flexibility index (Phi) is 7.25. The van der Waals surface area contributed by atoms with Crippen LogP contribution in [0.15, 0.2) is 52.6 Å². The molecule has 0 aliphatic carbocycles. The number of aromatic nitrogens is 3. The van der Waals surface area contributed by atoms with Crippen LogP contribution in [0, 0.1) is 0 Å². The average Bonchev–Trinajstić information content (AvgIpc) is 3.16. The summed E-state index contributed by atoms with van der Waals surface area (Å²) < 4.78 is 1.76. The lowest BCUT2D eigenvalue weighted by molar-refractivity contribution is -0.137. The Morgan fingerprint density at radius 1 is 1.15 bits per heavy atom. The van der Waals surface area contributed by atoms with Gasteiger partial charge in [-0.1, -0.05) is 41.4 Å². The number of hydrogen-bond donors (Lipinski definition) is 1. The molecule has 34 heavy (non-hydrogen) atoms. The van der Waals surface area contributed by atoms with Crippen molar-refractivity contribution in [1.82, 2.24) is 19.7 Å². The molecule has 4 rings (SSSR count). The summed E-state index contributed by atoms with van der Waals surface area (Å²) in [5.41, 5.74) is 2.60. The summed E-state index contributed by atoms with van der Waals surface area (Å²) in [5, 5.41) is 19.1. The number of carboxylic acid groups (broad SMARTS) is 1. The Labute approximate surface area is 210 Å². The molecule has 0 unspecified atom stereocenters. The lowest BCUT2D eigenvalue weighted by Gasteiger charge is -2.16. The van der Waals surface area contributed by atoms with E-state index < -0.39 is 12.0 Å². The van der Waals surface area contributed by atoms with Crippen LogP contribution in [-0.2, 0) is 4.79 Å². The van der Waals surface area contributed by atoms with Crippen LogP contribution in [0.5, 0.6) is 0 Å². The van der Waals surface area contributed by atoms with Gasteiger partial charge >= 0.3 is 5.97 Å². The number of halogens is 2. The first-order valence-corrected chi connectivity index (χ1v) is 12.1. The molecule has 0 saturated carbocycles. The Morgan fingerprint density at radius 2 is 1.91 bits per heavy atom. The fourth-order valence-corrected chi connectivity index (χ4v) is 4.78. The van der Waals surface area contributed by atoms with Gasteiger partial charge in [-0.15, -0.1) is 10.2 Å². The highest BCUT2D eigenvalue weighted by molar-refractivity contribution is 8.13. The Bertz CT molecular complexity index is 1290. The predicted molar refractivity (Wildman–Crippen MR) is 133 cm³/mol. The van der Waals surface area contributed by atoms with Crippen LogP contribution in [0.1, 0.15) is 42.8 Å². The Morgan fingerprint density at radius 3 is 2.62 bits per heavy atom. The second-order valence-electron chi connectivity index (χ2n) is 7.63. The number of rotatable bonds is 6. The molecule has 0 fully saturated rings. The summed E-state index contributed by atoms with van der Waals surface area (Å²) >= 11 is 13.9. The zero-order valence-corrected chi connectivity index (χ0v) is 20.7. The molecule has 0 saturated heterocycles. The molecular formula is C23H21Cl2N5O3S. The zero-order chi connectivity index (χ0) is 24.4. The van der Waals surface area contributed by atoms with Gasteiger partial charge in [0.05, 0.1) is 11.4 Å². The van der Waals surface area contributed by atoms with E-state index in [1.807, 2.05) is 31.2 Å². The molecule has 11 heteroatoms. The van der Waals surface area contributed by atoms with Crippen molar-refractivity contribution < 1.29 is 14.7 Å². The van der Waals surface area contributed by atoms with Gasteiger partial charge in [0.1, 0.15) is 6.04 Å². The first-order valence-electron chi connectivity index (χ1n) is 10.5. The number of fused-ring (bicyclic) bond motifs is 3. The third-order valence-electron chi connectivity index (χ3n) is 5.42. The number of carbonyl (C=O) groups is 2. The number of nitrogens with zero attached hydrogens (tertiary/aromatic N) is 5. The summed E-state index contributed by atoms with van der Waals surface area (Å²) in [6.07, 6.45) is 0.0739. The van der Waals surface area contributed by atoms with Gasteiger partial charge in [0.2, 0.25) is 5.16 Å². The highest BCUT2D eigenvalue weighted by Crippen LogP contribution is 2.37. The lowest BCUT2D eigenvalue weighted by Crippen LogP contribution is -2.22. The smallest absolute Gasteiger partial charge is 0.303 e. The fourth-order valence-electron chi connectivity index (χ4n) is 3.57. The Hall–Kier alpha value is -2.88. The molecule has 1 amide bonds. The van der Waals surface area contributed by atoms with Crippen molar-refractivity contribution in [2.45, 2.75) is 31.0 Å². The number of aliphatic imine (C=N–C) groups is 1. The van der Waals surface area contributed by atoms with E-state index in [9.17, 15) is 14.7 Å².